The van der Waals surface area contributed by atoms with Crippen molar-refractivity contribution in [3.8, 4) is 0 Å². The van der Waals surface area contributed by atoms with Gasteiger partial charge in [0.15, 0.2) is 0 Å². The highest BCUT2D eigenvalue weighted by molar-refractivity contribution is 5.94. The Morgan fingerprint density at radius 3 is 2.63 bits per heavy atom. The molecule has 0 fully saturated rings. The summed E-state index contributed by atoms with van der Waals surface area (Å²) in [5.74, 6) is -0.464. The summed E-state index contributed by atoms with van der Waals surface area (Å²) in [5.41, 5.74) is 2.56. The maximum absolute atomic E-state index is 11.9. The van der Waals surface area contributed by atoms with E-state index in [1.165, 1.54) is 0 Å². The molecule has 1 aromatic carbocycles. The molecular formula is C12H14ClF3N2O. The molecule has 0 saturated heterocycles. The molecule has 1 heterocycles. The summed E-state index contributed by atoms with van der Waals surface area (Å²) in [7, 11) is 0. The second-order valence-corrected chi connectivity index (χ2v) is 4.21. The molecule has 2 N–H and O–H groups in total. The number of amides is 1. The number of rotatable bonds is 3. The SMILES string of the molecule is Cl.O=C(NCCC(F)(F)F)c1ccc2c(c1)CNC2. The topological polar surface area (TPSA) is 41.1 Å². The van der Waals surface area contributed by atoms with E-state index in [1.807, 2.05) is 6.07 Å². The highest BCUT2D eigenvalue weighted by Gasteiger charge is 2.26. The average molecular weight is 295 g/mol. The molecule has 1 amide bonds. The predicted molar refractivity (Wildman–Crippen MR) is 67.2 cm³/mol. The first-order chi connectivity index (χ1) is 8.46. The van der Waals surface area contributed by atoms with Crippen LogP contribution < -0.4 is 10.6 Å². The van der Waals surface area contributed by atoms with Crippen LogP contribution in [0.4, 0.5) is 13.2 Å². The van der Waals surface area contributed by atoms with Gasteiger partial charge in [-0.1, -0.05) is 6.07 Å². The zero-order valence-corrected chi connectivity index (χ0v) is 10.8. The first-order valence-corrected chi connectivity index (χ1v) is 5.63. The first-order valence-electron chi connectivity index (χ1n) is 5.63. The zero-order valence-electron chi connectivity index (χ0n) is 10.0. The Morgan fingerprint density at radius 2 is 1.95 bits per heavy atom. The van der Waals surface area contributed by atoms with Crippen LogP contribution in [0, 0.1) is 0 Å². The molecule has 0 atom stereocenters. The summed E-state index contributed by atoms with van der Waals surface area (Å²) in [6.07, 6.45) is -5.25. The second-order valence-electron chi connectivity index (χ2n) is 4.21. The Balaban J connectivity index is 0.00000180. The van der Waals surface area contributed by atoms with Crippen molar-refractivity contribution in [2.75, 3.05) is 6.54 Å². The van der Waals surface area contributed by atoms with Gasteiger partial charge in [0.05, 0.1) is 6.42 Å². The quantitative estimate of drug-likeness (QED) is 0.899. The molecule has 0 unspecified atom stereocenters. The van der Waals surface area contributed by atoms with Crippen LogP contribution in [-0.2, 0) is 13.1 Å². The lowest BCUT2D eigenvalue weighted by atomic mass is 10.1. The van der Waals surface area contributed by atoms with Crippen molar-refractivity contribution in [2.24, 2.45) is 0 Å². The van der Waals surface area contributed by atoms with Gasteiger partial charge in [0.1, 0.15) is 0 Å². The summed E-state index contributed by atoms with van der Waals surface area (Å²) in [6.45, 7) is 1.07. The van der Waals surface area contributed by atoms with Crippen molar-refractivity contribution in [1.29, 1.82) is 0 Å². The van der Waals surface area contributed by atoms with Crippen molar-refractivity contribution in [2.45, 2.75) is 25.7 Å². The van der Waals surface area contributed by atoms with Gasteiger partial charge in [-0.3, -0.25) is 4.79 Å². The molecule has 1 aromatic rings. The molecule has 1 aliphatic heterocycles. The number of carbonyl (C=O) groups is 1. The Kier molecular flexibility index (Phi) is 5.20. The van der Waals surface area contributed by atoms with E-state index < -0.39 is 25.0 Å². The van der Waals surface area contributed by atoms with E-state index in [0.717, 1.165) is 17.7 Å². The van der Waals surface area contributed by atoms with Gasteiger partial charge < -0.3 is 10.6 Å². The number of benzene rings is 1. The predicted octanol–water partition coefficient (Wildman–Crippen LogP) is 2.39. The van der Waals surface area contributed by atoms with E-state index >= 15 is 0 Å². The van der Waals surface area contributed by atoms with Crippen molar-refractivity contribution < 1.29 is 18.0 Å². The van der Waals surface area contributed by atoms with Crippen LogP contribution in [0.1, 0.15) is 27.9 Å². The van der Waals surface area contributed by atoms with E-state index in [0.29, 0.717) is 12.1 Å². The van der Waals surface area contributed by atoms with Crippen molar-refractivity contribution in [3.05, 3.63) is 34.9 Å². The number of halogens is 4. The van der Waals surface area contributed by atoms with Crippen molar-refractivity contribution >= 4 is 18.3 Å². The molecular weight excluding hydrogens is 281 g/mol. The number of hydrogen-bond donors (Lipinski definition) is 2. The fourth-order valence-electron chi connectivity index (χ4n) is 1.86. The summed E-state index contributed by atoms with van der Waals surface area (Å²) in [4.78, 5) is 11.6. The second kappa shape index (κ2) is 6.25. The van der Waals surface area contributed by atoms with E-state index in [2.05, 4.69) is 10.6 Å². The van der Waals surface area contributed by atoms with Gasteiger partial charge in [0.2, 0.25) is 0 Å². The molecule has 0 saturated carbocycles. The van der Waals surface area contributed by atoms with Gasteiger partial charge in [-0.25, -0.2) is 0 Å². The molecule has 7 heteroatoms. The van der Waals surface area contributed by atoms with Crippen LogP contribution in [-0.4, -0.2) is 18.6 Å². The lowest BCUT2D eigenvalue weighted by Crippen LogP contribution is -2.28. The van der Waals surface area contributed by atoms with Crippen LogP contribution in [0.2, 0.25) is 0 Å². The third-order valence-corrected chi connectivity index (χ3v) is 2.79. The van der Waals surface area contributed by atoms with E-state index in [4.69, 9.17) is 0 Å². The average Bonchev–Trinajstić information content (AvgIpc) is 2.73. The molecule has 1 aliphatic rings. The highest BCUT2D eigenvalue weighted by Crippen LogP contribution is 2.19. The maximum atomic E-state index is 11.9. The van der Waals surface area contributed by atoms with E-state index in [-0.39, 0.29) is 12.4 Å². The molecule has 0 aromatic heterocycles. The number of alkyl halides is 3. The number of nitrogens with one attached hydrogen (secondary N) is 2. The number of carbonyl (C=O) groups excluding carboxylic acids is 1. The van der Waals surface area contributed by atoms with Crippen molar-refractivity contribution in [1.82, 2.24) is 10.6 Å². The maximum Gasteiger partial charge on any atom is 0.390 e. The largest absolute Gasteiger partial charge is 0.390 e. The number of hydrogen-bond acceptors (Lipinski definition) is 2. The number of fused-ring (bicyclic) bond motifs is 1. The Hall–Kier alpha value is -1.27. The molecule has 19 heavy (non-hydrogen) atoms. The molecule has 106 valence electrons. The first kappa shape index (κ1) is 15.8. The summed E-state index contributed by atoms with van der Waals surface area (Å²) in [6, 6.07) is 5.18. The lowest BCUT2D eigenvalue weighted by Gasteiger charge is -2.08. The van der Waals surface area contributed by atoms with Crippen LogP contribution >= 0.6 is 12.4 Å². The van der Waals surface area contributed by atoms with E-state index in [1.54, 1.807) is 12.1 Å². The van der Waals surface area contributed by atoms with E-state index in [9.17, 15) is 18.0 Å². The Bertz CT molecular complexity index is 463. The normalized spacial score (nSPS) is 13.6. The van der Waals surface area contributed by atoms with Crippen molar-refractivity contribution in [3.63, 3.8) is 0 Å². The summed E-state index contributed by atoms with van der Waals surface area (Å²) < 4.78 is 35.8. The minimum atomic E-state index is -4.24. The third-order valence-electron chi connectivity index (χ3n) is 2.79. The van der Waals surface area contributed by atoms with Gasteiger partial charge in [-0.05, 0) is 23.3 Å². The minimum Gasteiger partial charge on any atom is -0.352 e. The van der Waals surface area contributed by atoms with Crippen LogP contribution in [0.15, 0.2) is 18.2 Å². The Morgan fingerprint density at radius 1 is 1.26 bits per heavy atom. The van der Waals surface area contributed by atoms with Crippen LogP contribution in [0.5, 0.6) is 0 Å². The van der Waals surface area contributed by atoms with Crippen LogP contribution in [0.25, 0.3) is 0 Å². The monoisotopic (exact) mass is 294 g/mol. The lowest BCUT2D eigenvalue weighted by molar-refractivity contribution is -0.132. The third kappa shape index (κ3) is 4.40. The molecule has 0 aliphatic carbocycles. The molecule has 2 rings (SSSR count). The highest BCUT2D eigenvalue weighted by atomic mass is 35.5. The van der Waals surface area contributed by atoms with Crippen LogP contribution in [0.3, 0.4) is 0 Å². The van der Waals surface area contributed by atoms with Gasteiger partial charge in [0, 0.05) is 25.2 Å². The molecule has 0 spiro atoms. The smallest absolute Gasteiger partial charge is 0.352 e. The summed E-state index contributed by atoms with van der Waals surface area (Å²) >= 11 is 0. The molecule has 3 nitrogen and oxygen atoms in total. The fraction of sp³-hybridized carbons (Fsp3) is 0.417. The van der Waals surface area contributed by atoms with Gasteiger partial charge in [0.25, 0.3) is 5.91 Å². The minimum absolute atomic E-state index is 0. The zero-order chi connectivity index (χ0) is 13.2. The van der Waals surface area contributed by atoms with Gasteiger partial charge >= 0.3 is 6.18 Å². The van der Waals surface area contributed by atoms with Gasteiger partial charge in [-0.15, -0.1) is 12.4 Å². The molecule has 0 bridgehead atoms. The summed E-state index contributed by atoms with van der Waals surface area (Å²) in [5, 5.41) is 5.40. The fourth-order valence-corrected chi connectivity index (χ4v) is 1.86. The molecule has 0 radical (unpaired) electrons. The Labute approximate surface area is 115 Å². The standard InChI is InChI=1S/C12H13F3N2O.ClH/c13-12(14,15)3-4-17-11(18)8-1-2-9-6-16-7-10(9)5-8;/h1-2,5,16H,3-4,6-7H2,(H,17,18);1H. The van der Waals surface area contributed by atoms with Gasteiger partial charge in [-0.2, -0.15) is 13.2 Å².